The molecule has 26 heavy (non-hydrogen) atoms. The average molecular weight is 353 g/mol. The number of carbonyl (C=O) groups is 3. The predicted octanol–water partition coefficient (Wildman–Crippen LogP) is 2.31. The monoisotopic (exact) mass is 353 g/mol. The van der Waals surface area contributed by atoms with E-state index < -0.39 is 0 Å². The number of imide groups is 1. The van der Waals surface area contributed by atoms with Gasteiger partial charge in [0.25, 0.3) is 0 Å². The molecule has 6 nitrogen and oxygen atoms in total. The van der Waals surface area contributed by atoms with Gasteiger partial charge in [-0.3, -0.25) is 14.5 Å². The molecule has 136 valence electrons. The fourth-order valence-corrected chi connectivity index (χ4v) is 4.45. The zero-order chi connectivity index (χ0) is 18.3. The molecule has 0 aromatic heterocycles. The molecule has 1 aromatic rings. The van der Waals surface area contributed by atoms with Gasteiger partial charge in [0, 0.05) is 18.8 Å². The van der Waals surface area contributed by atoms with Crippen LogP contribution in [0.1, 0.15) is 18.4 Å². The fourth-order valence-electron chi connectivity index (χ4n) is 4.45. The van der Waals surface area contributed by atoms with Gasteiger partial charge in [-0.05, 0) is 43.7 Å². The van der Waals surface area contributed by atoms with Crippen molar-refractivity contribution in [3.63, 3.8) is 0 Å². The molecule has 6 heteroatoms. The second kappa shape index (κ2) is 6.59. The molecule has 0 radical (unpaired) electrons. The van der Waals surface area contributed by atoms with E-state index in [0.717, 1.165) is 18.4 Å². The normalized spacial score (nSPS) is 29.0. The Morgan fingerprint density at radius 2 is 1.62 bits per heavy atom. The molecule has 0 spiro atoms. The summed E-state index contributed by atoms with van der Waals surface area (Å²) in [6.45, 7) is 2.45. The standard InChI is InChI=1S/C20H23N3O3/c1-12-2-8-15(9-3-12)22-20(26)21-10-11-23-18(24)16-13-4-5-14(7-6-13)17(16)19(23)25/h2-5,8-9,13-14,16-17H,6-7,10-11H2,1H3,(H2,21,22,26). The smallest absolute Gasteiger partial charge is 0.319 e. The van der Waals surface area contributed by atoms with Crippen LogP contribution in [0.4, 0.5) is 10.5 Å². The third-order valence-corrected chi connectivity index (χ3v) is 5.78. The third kappa shape index (κ3) is 2.89. The molecule has 2 fully saturated rings. The van der Waals surface area contributed by atoms with Crippen molar-refractivity contribution < 1.29 is 14.4 Å². The number of hydrogen-bond acceptors (Lipinski definition) is 3. The largest absolute Gasteiger partial charge is 0.336 e. The zero-order valence-electron chi connectivity index (χ0n) is 14.8. The van der Waals surface area contributed by atoms with Crippen molar-refractivity contribution in [2.45, 2.75) is 19.8 Å². The molecule has 5 rings (SSSR count). The second-order valence-electron chi connectivity index (χ2n) is 7.42. The minimum Gasteiger partial charge on any atom is -0.336 e. The Morgan fingerprint density at radius 1 is 1.04 bits per heavy atom. The van der Waals surface area contributed by atoms with E-state index in [1.165, 1.54) is 4.90 Å². The molecule has 4 atom stereocenters. The lowest BCUT2D eigenvalue weighted by molar-refractivity contribution is -0.140. The third-order valence-electron chi connectivity index (χ3n) is 5.78. The summed E-state index contributed by atoms with van der Waals surface area (Å²) in [4.78, 5) is 38.7. The van der Waals surface area contributed by atoms with Gasteiger partial charge in [-0.25, -0.2) is 4.79 Å². The maximum atomic E-state index is 12.7. The van der Waals surface area contributed by atoms with Gasteiger partial charge in [-0.2, -0.15) is 0 Å². The molecule has 1 aromatic carbocycles. The van der Waals surface area contributed by atoms with Crippen LogP contribution in [0.2, 0.25) is 0 Å². The van der Waals surface area contributed by atoms with Gasteiger partial charge in [0.05, 0.1) is 11.8 Å². The number of carbonyl (C=O) groups excluding carboxylic acids is 3. The SMILES string of the molecule is Cc1ccc(NC(=O)NCCN2C(=O)C3C4C=CC(CC4)C3C2=O)cc1. The van der Waals surface area contributed by atoms with Crippen molar-refractivity contribution in [2.24, 2.45) is 23.7 Å². The molecule has 2 bridgehead atoms. The lowest BCUT2D eigenvalue weighted by Gasteiger charge is -2.38. The number of amides is 4. The number of allylic oxidation sites excluding steroid dienone is 2. The van der Waals surface area contributed by atoms with Crippen molar-refractivity contribution in [3.05, 3.63) is 42.0 Å². The Kier molecular flexibility index (Phi) is 4.26. The van der Waals surface area contributed by atoms with E-state index in [2.05, 4.69) is 22.8 Å². The first-order valence-electron chi connectivity index (χ1n) is 9.19. The molecule has 4 unspecified atom stereocenters. The molecule has 1 saturated heterocycles. The average Bonchev–Trinajstić information content (AvgIpc) is 2.92. The highest BCUT2D eigenvalue weighted by Gasteiger charge is 2.56. The van der Waals surface area contributed by atoms with Crippen LogP contribution in [0.3, 0.4) is 0 Å². The van der Waals surface area contributed by atoms with Gasteiger partial charge in [0.2, 0.25) is 11.8 Å². The van der Waals surface area contributed by atoms with Crippen LogP contribution < -0.4 is 10.6 Å². The molecule has 2 N–H and O–H groups in total. The number of urea groups is 1. The first-order valence-corrected chi connectivity index (χ1v) is 9.19. The summed E-state index contributed by atoms with van der Waals surface area (Å²) in [6, 6.07) is 7.15. The second-order valence-corrected chi connectivity index (χ2v) is 7.42. The number of likely N-dealkylation sites (tertiary alicyclic amines) is 1. The van der Waals surface area contributed by atoms with Crippen LogP contribution in [0, 0.1) is 30.6 Å². The van der Waals surface area contributed by atoms with Crippen LogP contribution in [0.15, 0.2) is 36.4 Å². The van der Waals surface area contributed by atoms with E-state index in [-0.39, 0.29) is 54.6 Å². The lowest BCUT2D eigenvalue weighted by atomic mass is 9.63. The first-order chi connectivity index (χ1) is 12.5. The van der Waals surface area contributed by atoms with Gasteiger partial charge in [0.15, 0.2) is 0 Å². The maximum Gasteiger partial charge on any atom is 0.319 e. The van der Waals surface area contributed by atoms with Gasteiger partial charge >= 0.3 is 6.03 Å². The summed E-state index contributed by atoms with van der Waals surface area (Å²) in [5.74, 6) is -0.117. The Labute approximate surface area is 152 Å². The topological polar surface area (TPSA) is 78.5 Å². The zero-order valence-corrected chi connectivity index (χ0v) is 14.8. The summed E-state index contributed by atoms with van der Waals surface area (Å²) in [5.41, 5.74) is 1.82. The molecule has 4 amide bonds. The minimum absolute atomic E-state index is 0.0696. The van der Waals surface area contributed by atoms with Gasteiger partial charge in [-0.1, -0.05) is 29.8 Å². The number of benzene rings is 1. The lowest BCUT2D eigenvalue weighted by Crippen LogP contribution is -2.40. The van der Waals surface area contributed by atoms with Crippen LogP contribution in [-0.2, 0) is 9.59 Å². The summed E-state index contributed by atoms with van der Waals surface area (Å²) < 4.78 is 0. The molecule has 3 aliphatic carbocycles. The molecular formula is C20H23N3O3. The van der Waals surface area contributed by atoms with E-state index >= 15 is 0 Å². The van der Waals surface area contributed by atoms with Crippen molar-refractivity contribution >= 4 is 23.5 Å². The maximum absolute atomic E-state index is 12.7. The summed E-state index contributed by atoms with van der Waals surface area (Å²) >= 11 is 0. The van der Waals surface area contributed by atoms with Crippen LogP contribution in [-0.4, -0.2) is 35.8 Å². The quantitative estimate of drug-likeness (QED) is 0.644. The Balaban J connectivity index is 1.31. The van der Waals surface area contributed by atoms with E-state index in [1.54, 1.807) is 0 Å². The summed E-state index contributed by atoms with van der Waals surface area (Å²) in [5, 5.41) is 5.46. The van der Waals surface area contributed by atoms with Crippen molar-refractivity contribution in [1.82, 2.24) is 10.2 Å². The fraction of sp³-hybridized carbons (Fsp3) is 0.450. The number of anilines is 1. The van der Waals surface area contributed by atoms with E-state index in [0.29, 0.717) is 5.69 Å². The minimum atomic E-state index is -0.341. The highest BCUT2D eigenvalue weighted by atomic mass is 16.2. The number of aryl methyl sites for hydroxylation is 1. The molecule has 1 heterocycles. The molecular weight excluding hydrogens is 330 g/mol. The first kappa shape index (κ1) is 16.8. The number of nitrogens with one attached hydrogen (secondary N) is 2. The Morgan fingerprint density at radius 3 is 2.15 bits per heavy atom. The molecule has 4 aliphatic rings. The van der Waals surface area contributed by atoms with Crippen molar-refractivity contribution in [2.75, 3.05) is 18.4 Å². The number of rotatable bonds is 4. The Bertz CT molecular complexity index is 739. The van der Waals surface area contributed by atoms with E-state index in [1.807, 2.05) is 31.2 Å². The summed E-state index contributed by atoms with van der Waals surface area (Å²) in [7, 11) is 0. The highest BCUT2D eigenvalue weighted by molar-refractivity contribution is 6.06. The van der Waals surface area contributed by atoms with Gasteiger partial charge in [-0.15, -0.1) is 0 Å². The predicted molar refractivity (Wildman–Crippen MR) is 97.3 cm³/mol. The van der Waals surface area contributed by atoms with Crippen molar-refractivity contribution in [3.8, 4) is 0 Å². The van der Waals surface area contributed by atoms with Crippen LogP contribution >= 0.6 is 0 Å². The number of nitrogens with zero attached hydrogens (tertiary/aromatic N) is 1. The van der Waals surface area contributed by atoms with Gasteiger partial charge in [0.1, 0.15) is 0 Å². The van der Waals surface area contributed by atoms with Crippen LogP contribution in [0.5, 0.6) is 0 Å². The molecule has 1 aliphatic heterocycles. The van der Waals surface area contributed by atoms with E-state index in [9.17, 15) is 14.4 Å². The summed E-state index contributed by atoms with van der Waals surface area (Å²) in [6.07, 6.45) is 6.20. The van der Waals surface area contributed by atoms with Gasteiger partial charge < -0.3 is 10.6 Å². The highest BCUT2D eigenvalue weighted by Crippen LogP contribution is 2.49. The number of fused-ring (bicyclic) bond motifs is 1. The number of hydrogen-bond donors (Lipinski definition) is 2. The Hall–Kier alpha value is -2.63. The van der Waals surface area contributed by atoms with E-state index in [4.69, 9.17) is 0 Å². The van der Waals surface area contributed by atoms with Crippen molar-refractivity contribution in [1.29, 1.82) is 0 Å². The van der Waals surface area contributed by atoms with Crippen LogP contribution in [0.25, 0.3) is 0 Å². The molecule has 1 saturated carbocycles.